The van der Waals surface area contributed by atoms with Crippen molar-refractivity contribution in [3.05, 3.63) is 35.6 Å². The quantitative estimate of drug-likeness (QED) is 0.839. The van der Waals surface area contributed by atoms with Gasteiger partial charge in [-0.1, -0.05) is 18.2 Å². The summed E-state index contributed by atoms with van der Waals surface area (Å²) in [4.78, 5) is 4.82. The van der Waals surface area contributed by atoms with E-state index in [2.05, 4.69) is 9.80 Å². The van der Waals surface area contributed by atoms with Crippen molar-refractivity contribution < 1.29 is 9.13 Å². The Morgan fingerprint density at radius 3 is 2.55 bits per heavy atom. The third-order valence-electron chi connectivity index (χ3n) is 4.30. The molecule has 0 saturated carbocycles. The van der Waals surface area contributed by atoms with Crippen LogP contribution in [0.4, 0.5) is 4.39 Å². The second-order valence-corrected chi connectivity index (χ2v) is 5.80. The number of benzene rings is 1. The van der Waals surface area contributed by atoms with Crippen LogP contribution in [0.25, 0.3) is 0 Å². The minimum absolute atomic E-state index is 0.0886. The topological polar surface area (TPSA) is 15.7 Å². The molecule has 20 heavy (non-hydrogen) atoms. The maximum absolute atomic E-state index is 13.6. The summed E-state index contributed by atoms with van der Waals surface area (Å²) in [5.41, 5.74) is 0.806. The third-order valence-corrected chi connectivity index (χ3v) is 4.30. The Kier molecular flexibility index (Phi) is 4.65. The van der Waals surface area contributed by atoms with Gasteiger partial charge >= 0.3 is 0 Å². The van der Waals surface area contributed by atoms with Gasteiger partial charge in [0.05, 0.1) is 6.10 Å². The SMILES string of the molecule is Fc1ccccc1CN1CCN(C[C@H]2CCCO2)CC1. The van der Waals surface area contributed by atoms with Crippen LogP contribution < -0.4 is 0 Å². The fourth-order valence-corrected chi connectivity index (χ4v) is 3.07. The number of nitrogens with zero attached hydrogens (tertiary/aromatic N) is 2. The second kappa shape index (κ2) is 6.66. The molecule has 0 amide bonds. The van der Waals surface area contributed by atoms with Crippen molar-refractivity contribution in [1.29, 1.82) is 0 Å². The largest absolute Gasteiger partial charge is 0.377 e. The summed E-state index contributed by atoms with van der Waals surface area (Å²) in [5.74, 6) is -0.0886. The van der Waals surface area contributed by atoms with Crippen molar-refractivity contribution in [2.75, 3.05) is 39.3 Å². The van der Waals surface area contributed by atoms with E-state index < -0.39 is 0 Å². The molecule has 0 aromatic heterocycles. The van der Waals surface area contributed by atoms with Crippen molar-refractivity contribution in [2.45, 2.75) is 25.5 Å². The number of piperazine rings is 1. The molecular weight excluding hydrogens is 255 g/mol. The Bertz CT molecular complexity index is 426. The minimum Gasteiger partial charge on any atom is -0.377 e. The molecule has 1 aromatic carbocycles. The Labute approximate surface area is 120 Å². The first-order valence-corrected chi connectivity index (χ1v) is 7.61. The molecule has 2 heterocycles. The fourth-order valence-electron chi connectivity index (χ4n) is 3.07. The first-order chi connectivity index (χ1) is 9.81. The maximum atomic E-state index is 13.6. The summed E-state index contributed by atoms with van der Waals surface area (Å²) in [6, 6.07) is 7.08. The number of hydrogen-bond donors (Lipinski definition) is 0. The van der Waals surface area contributed by atoms with Crippen LogP contribution in [0.3, 0.4) is 0 Å². The lowest BCUT2D eigenvalue weighted by Crippen LogP contribution is -2.48. The van der Waals surface area contributed by atoms with Crippen molar-refractivity contribution in [3.8, 4) is 0 Å². The van der Waals surface area contributed by atoms with Crippen LogP contribution >= 0.6 is 0 Å². The predicted octanol–water partition coefficient (Wildman–Crippen LogP) is 2.12. The smallest absolute Gasteiger partial charge is 0.127 e. The van der Waals surface area contributed by atoms with E-state index in [4.69, 9.17) is 4.74 Å². The zero-order valence-corrected chi connectivity index (χ0v) is 11.9. The summed E-state index contributed by atoms with van der Waals surface area (Å²) in [6.07, 6.45) is 2.85. The standard InChI is InChI=1S/C16H23FN2O/c17-16-6-2-1-4-14(16)12-18-7-9-19(10-8-18)13-15-5-3-11-20-15/h1-2,4,6,15H,3,5,7-13H2/t15-/m1/s1. The summed E-state index contributed by atoms with van der Waals surface area (Å²) in [6.45, 7) is 6.87. The molecule has 3 rings (SSSR count). The summed E-state index contributed by atoms with van der Waals surface area (Å²) >= 11 is 0. The molecule has 2 saturated heterocycles. The normalized spacial score (nSPS) is 25.1. The Balaban J connectivity index is 1.45. The number of rotatable bonds is 4. The molecule has 0 radical (unpaired) electrons. The van der Waals surface area contributed by atoms with Gasteiger partial charge in [-0.3, -0.25) is 9.80 Å². The highest BCUT2D eigenvalue weighted by Crippen LogP contribution is 2.16. The van der Waals surface area contributed by atoms with Gasteiger partial charge in [0, 0.05) is 51.4 Å². The van der Waals surface area contributed by atoms with Gasteiger partial charge in [-0.2, -0.15) is 0 Å². The molecule has 2 aliphatic rings. The molecule has 4 heteroatoms. The first-order valence-electron chi connectivity index (χ1n) is 7.61. The molecule has 3 nitrogen and oxygen atoms in total. The van der Waals surface area contributed by atoms with Crippen LogP contribution in [0, 0.1) is 5.82 Å². The first kappa shape index (κ1) is 14.0. The minimum atomic E-state index is -0.0886. The molecule has 0 N–H and O–H groups in total. The molecule has 2 fully saturated rings. The van der Waals surface area contributed by atoms with E-state index in [1.807, 2.05) is 12.1 Å². The number of halogens is 1. The van der Waals surface area contributed by atoms with Gasteiger partial charge in [-0.25, -0.2) is 4.39 Å². The fraction of sp³-hybridized carbons (Fsp3) is 0.625. The molecule has 1 aromatic rings. The Hall–Kier alpha value is -0.970. The van der Waals surface area contributed by atoms with Crippen LogP contribution in [0.5, 0.6) is 0 Å². The molecule has 0 spiro atoms. The average Bonchev–Trinajstić information content (AvgIpc) is 2.96. The highest BCUT2D eigenvalue weighted by atomic mass is 19.1. The van der Waals surface area contributed by atoms with Gasteiger partial charge in [0.2, 0.25) is 0 Å². The molecule has 110 valence electrons. The van der Waals surface area contributed by atoms with Gasteiger partial charge in [-0.05, 0) is 18.9 Å². The van der Waals surface area contributed by atoms with Gasteiger partial charge in [0.1, 0.15) is 5.82 Å². The lowest BCUT2D eigenvalue weighted by molar-refractivity contribution is 0.0487. The van der Waals surface area contributed by atoms with E-state index in [0.29, 0.717) is 6.10 Å². The number of hydrogen-bond acceptors (Lipinski definition) is 3. The van der Waals surface area contributed by atoms with E-state index in [0.717, 1.165) is 51.4 Å². The second-order valence-electron chi connectivity index (χ2n) is 5.80. The van der Waals surface area contributed by atoms with E-state index in [-0.39, 0.29) is 5.82 Å². The Morgan fingerprint density at radius 1 is 1.10 bits per heavy atom. The van der Waals surface area contributed by atoms with Crippen LogP contribution in [-0.4, -0.2) is 55.2 Å². The number of ether oxygens (including phenoxy) is 1. The highest BCUT2D eigenvalue weighted by Gasteiger charge is 2.23. The van der Waals surface area contributed by atoms with Gasteiger partial charge in [-0.15, -0.1) is 0 Å². The molecule has 0 aliphatic carbocycles. The molecule has 2 aliphatic heterocycles. The average molecular weight is 278 g/mol. The monoisotopic (exact) mass is 278 g/mol. The van der Waals surface area contributed by atoms with E-state index in [1.54, 1.807) is 12.1 Å². The van der Waals surface area contributed by atoms with Crippen molar-refractivity contribution >= 4 is 0 Å². The lowest BCUT2D eigenvalue weighted by atomic mass is 10.1. The lowest BCUT2D eigenvalue weighted by Gasteiger charge is -2.35. The van der Waals surface area contributed by atoms with E-state index in [9.17, 15) is 4.39 Å². The maximum Gasteiger partial charge on any atom is 0.127 e. The predicted molar refractivity (Wildman–Crippen MR) is 77.1 cm³/mol. The van der Waals surface area contributed by atoms with Crippen molar-refractivity contribution in [3.63, 3.8) is 0 Å². The summed E-state index contributed by atoms with van der Waals surface area (Å²) in [5, 5.41) is 0. The summed E-state index contributed by atoms with van der Waals surface area (Å²) in [7, 11) is 0. The highest BCUT2D eigenvalue weighted by molar-refractivity contribution is 5.17. The molecular formula is C16H23FN2O. The van der Waals surface area contributed by atoms with Crippen molar-refractivity contribution in [1.82, 2.24) is 9.80 Å². The molecule has 0 bridgehead atoms. The molecule has 1 atom stereocenters. The van der Waals surface area contributed by atoms with Crippen LogP contribution in [0.2, 0.25) is 0 Å². The van der Waals surface area contributed by atoms with Crippen molar-refractivity contribution in [2.24, 2.45) is 0 Å². The van der Waals surface area contributed by atoms with Gasteiger partial charge in [0.25, 0.3) is 0 Å². The Morgan fingerprint density at radius 2 is 1.85 bits per heavy atom. The zero-order chi connectivity index (χ0) is 13.8. The summed E-state index contributed by atoms with van der Waals surface area (Å²) < 4.78 is 19.3. The van der Waals surface area contributed by atoms with E-state index in [1.165, 1.54) is 12.8 Å². The van der Waals surface area contributed by atoms with Crippen LogP contribution in [0.15, 0.2) is 24.3 Å². The molecule has 0 unspecified atom stereocenters. The third kappa shape index (κ3) is 3.57. The van der Waals surface area contributed by atoms with Crippen LogP contribution in [0.1, 0.15) is 18.4 Å². The van der Waals surface area contributed by atoms with Gasteiger partial charge in [0.15, 0.2) is 0 Å². The van der Waals surface area contributed by atoms with E-state index >= 15 is 0 Å². The zero-order valence-electron chi connectivity index (χ0n) is 11.9. The van der Waals surface area contributed by atoms with Crippen LogP contribution in [-0.2, 0) is 11.3 Å². The van der Waals surface area contributed by atoms with Gasteiger partial charge < -0.3 is 4.74 Å².